The van der Waals surface area contributed by atoms with Crippen LogP contribution in [-0.2, 0) is 9.59 Å². The molecule has 2 aliphatic rings. The minimum atomic E-state index is -0.284. The molecule has 0 aromatic heterocycles. The van der Waals surface area contributed by atoms with Gasteiger partial charge in [-0.25, -0.2) is 0 Å². The molecule has 2 fully saturated rings. The lowest BCUT2D eigenvalue weighted by Crippen LogP contribution is -2.59. The first-order valence-corrected chi connectivity index (χ1v) is 6.97. The average molecular weight is 253 g/mol. The molecule has 2 amide bonds. The van der Waals surface area contributed by atoms with E-state index in [1.54, 1.807) is 0 Å². The van der Waals surface area contributed by atoms with E-state index in [-0.39, 0.29) is 30.4 Å². The molecule has 0 spiro atoms. The Balaban J connectivity index is 1.77. The predicted octanol–water partition coefficient (Wildman–Crippen LogP) is 0.159. The maximum Gasteiger partial charge on any atom is 0.239 e. The molecule has 1 heterocycles. The van der Waals surface area contributed by atoms with Gasteiger partial charge in [-0.15, -0.1) is 0 Å². The van der Waals surface area contributed by atoms with Crippen molar-refractivity contribution in [2.75, 3.05) is 13.1 Å². The molecular formula is C13H23N3O2. The zero-order valence-corrected chi connectivity index (χ0v) is 11.0. The van der Waals surface area contributed by atoms with Gasteiger partial charge in [0.15, 0.2) is 0 Å². The molecule has 0 radical (unpaired) electrons. The third kappa shape index (κ3) is 3.45. The molecule has 5 nitrogen and oxygen atoms in total. The molecule has 0 aromatic rings. The van der Waals surface area contributed by atoms with Crippen molar-refractivity contribution in [3.05, 3.63) is 0 Å². The fourth-order valence-electron chi connectivity index (χ4n) is 2.83. The summed E-state index contributed by atoms with van der Waals surface area (Å²) in [4.78, 5) is 23.0. The van der Waals surface area contributed by atoms with Gasteiger partial charge in [0, 0.05) is 12.6 Å². The van der Waals surface area contributed by atoms with Gasteiger partial charge in [-0.2, -0.15) is 0 Å². The second-order valence-electron chi connectivity index (χ2n) is 5.43. The van der Waals surface area contributed by atoms with Crippen molar-refractivity contribution in [1.29, 1.82) is 0 Å². The van der Waals surface area contributed by atoms with Crippen LogP contribution >= 0.6 is 0 Å². The van der Waals surface area contributed by atoms with Crippen molar-refractivity contribution in [1.82, 2.24) is 16.0 Å². The minimum absolute atomic E-state index is 0.00748. The summed E-state index contributed by atoms with van der Waals surface area (Å²) < 4.78 is 0. The highest BCUT2D eigenvalue weighted by molar-refractivity contribution is 5.86. The molecule has 1 saturated heterocycles. The Morgan fingerprint density at radius 1 is 1.33 bits per heavy atom. The number of carbonyl (C=O) groups is 2. The fraction of sp³-hybridized carbons (Fsp3) is 0.846. The van der Waals surface area contributed by atoms with Gasteiger partial charge in [0.05, 0.1) is 6.54 Å². The van der Waals surface area contributed by atoms with Crippen LogP contribution in [0.3, 0.4) is 0 Å². The van der Waals surface area contributed by atoms with Crippen molar-refractivity contribution < 1.29 is 9.59 Å². The predicted molar refractivity (Wildman–Crippen MR) is 69.0 cm³/mol. The van der Waals surface area contributed by atoms with Crippen LogP contribution in [0.4, 0.5) is 0 Å². The summed E-state index contributed by atoms with van der Waals surface area (Å²) >= 11 is 0. The van der Waals surface area contributed by atoms with Crippen LogP contribution in [0.2, 0.25) is 0 Å². The smallest absolute Gasteiger partial charge is 0.239 e. The van der Waals surface area contributed by atoms with E-state index in [0.29, 0.717) is 12.5 Å². The Bertz CT molecular complexity index is 303. The lowest BCUT2D eigenvalue weighted by Gasteiger charge is -2.30. The average Bonchev–Trinajstić information content (AvgIpc) is 2.40. The monoisotopic (exact) mass is 253 g/mol. The van der Waals surface area contributed by atoms with Crippen LogP contribution in [0.1, 0.15) is 39.0 Å². The third-order valence-electron chi connectivity index (χ3n) is 4.06. The van der Waals surface area contributed by atoms with Crippen LogP contribution in [0, 0.1) is 5.92 Å². The van der Waals surface area contributed by atoms with Crippen molar-refractivity contribution >= 4 is 11.8 Å². The summed E-state index contributed by atoms with van der Waals surface area (Å²) in [7, 11) is 0. The first kappa shape index (κ1) is 13.3. The van der Waals surface area contributed by atoms with Gasteiger partial charge >= 0.3 is 0 Å². The number of carbonyl (C=O) groups excluding carboxylic acids is 2. The van der Waals surface area contributed by atoms with Gasteiger partial charge < -0.3 is 10.6 Å². The van der Waals surface area contributed by atoms with Crippen LogP contribution in [0.5, 0.6) is 0 Å². The number of rotatable bonds is 3. The first-order valence-electron chi connectivity index (χ1n) is 6.97. The topological polar surface area (TPSA) is 70.2 Å². The Hall–Kier alpha value is -1.10. The molecule has 3 N–H and O–H groups in total. The fourth-order valence-corrected chi connectivity index (χ4v) is 2.83. The van der Waals surface area contributed by atoms with Crippen molar-refractivity contribution in [3.63, 3.8) is 0 Å². The second-order valence-corrected chi connectivity index (χ2v) is 5.43. The molecular weight excluding hydrogens is 230 g/mol. The van der Waals surface area contributed by atoms with Crippen molar-refractivity contribution in [2.24, 2.45) is 5.92 Å². The number of amides is 2. The Morgan fingerprint density at radius 2 is 2.06 bits per heavy atom. The third-order valence-corrected chi connectivity index (χ3v) is 4.06. The largest absolute Gasteiger partial charge is 0.353 e. The summed E-state index contributed by atoms with van der Waals surface area (Å²) in [6.07, 6.45) is 6.32. The minimum Gasteiger partial charge on any atom is -0.353 e. The Labute approximate surface area is 108 Å². The molecule has 1 aliphatic carbocycles. The van der Waals surface area contributed by atoms with Gasteiger partial charge in [0.25, 0.3) is 0 Å². The molecule has 1 unspecified atom stereocenters. The Kier molecular flexibility index (Phi) is 4.58. The lowest BCUT2D eigenvalue weighted by molar-refractivity contribution is -0.127. The van der Waals surface area contributed by atoms with E-state index in [2.05, 4.69) is 22.9 Å². The van der Waals surface area contributed by atoms with Gasteiger partial charge in [-0.3, -0.25) is 14.9 Å². The van der Waals surface area contributed by atoms with E-state index < -0.39 is 0 Å². The zero-order valence-electron chi connectivity index (χ0n) is 11.0. The molecule has 0 bridgehead atoms. The standard InChI is InChI=1S/C13H23N3O2/c1-9(10-5-3-2-4-6-10)16-13(18)11-7-15-12(17)8-14-11/h9-11,14H,2-8H2,1H3,(H,15,17)(H,16,18)/t9-,11?/m1/s1. The lowest BCUT2D eigenvalue weighted by atomic mass is 9.84. The summed E-state index contributed by atoms with van der Waals surface area (Å²) in [6.45, 7) is 2.72. The van der Waals surface area contributed by atoms with Gasteiger partial charge in [0.2, 0.25) is 11.8 Å². The van der Waals surface area contributed by atoms with E-state index in [9.17, 15) is 9.59 Å². The summed E-state index contributed by atoms with van der Waals surface area (Å²) in [5, 5.41) is 8.74. The van der Waals surface area contributed by atoms with Gasteiger partial charge in [-0.1, -0.05) is 19.3 Å². The number of hydrogen-bond donors (Lipinski definition) is 3. The van der Waals surface area contributed by atoms with Gasteiger partial charge in [-0.05, 0) is 25.7 Å². The summed E-state index contributed by atoms with van der Waals surface area (Å²) in [5.74, 6) is 0.577. The van der Waals surface area contributed by atoms with Crippen LogP contribution in [-0.4, -0.2) is 37.0 Å². The maximum atomic E-state index is 12.0. The molecule has 102 valence electrons. The summed E-state index contributed by atoms with van der Waals surface area (Å²) in [6, 6.07) is -0.0500. The van der Waals surface area contributed by atoms with E-state index in [1.807, 2.05) is 0 Å². The van der Waals surface area contributed by atoms with E-state index in [1.165, 1.54) is 32.1 Å². The quantitative estimate of drug-likeness (QED) is 0.671. The highest BCUT2D eigenvalue weighted by atomic mass is 16.2. The molecule has 2 rings (SSSR count). The van der Waals surface area contributed by atoms with E-state index >= 15 is 0 Å². The number of hydrogen-bond acceptors (Lipinski definition) is 3. The van der Waals surface area contributed by atoms with E-state index in [0.717, 1.165) is 0 Å². The number of nitrogens with one attached hydrogen (secondary N) is 3. The van der Waals surface area contributed by atoms with Crippen LogP contribution < -0.4 is 16.0 Å². The van der Waals surface area contributed by atoms with Crippen molar-refractivity contribution in [2.45, 2.75) is 51.1 Å². The normalized spacial score (nSPS) is 27.4. The van der Waals surface area contributed by atoms with Crippen LogP contribution in [0.15, 0.2) is 0 Å². The number of piperazine rings is 1. The Morgan fingerprint density at radius 3 is 2.67 bits per heavy atom. The molecule has 0 aromatic carbocycles. The van der Waals surface area contributed by atoms with Crippen LogP contribution in [0.25, 0.3) is 0 Å². The summed E-state index contributed by atoms with van der Waals surface area (Å²) in [5.41, 5.74) is 0. The van der Waals surface area contributed by atoms with Crippen molar-refractivity contribution in [3.8, 4) is 0 Å². The molecule has 1 aliphatic heterocycles. The second kappa shape index (κ2) is 6.18. The molecule has 1 saturated carbocycles. The van der Waals surface area contributed by atoms with E-state index in [4.69, 9.17) is 0 Å². The SMILES string of the molecule is C[C@@H](NC(=O)C1CNC(=O)CN1)C1CCCCC1. The van der Waals surface area contributed by atoms with Gasteiger partial charge in [0.1, 0.15) is 6.04 Å². The molecule has 2 atom stereocenters. The highest BCUT2D eigenvalue weighted by Crippen LogP contribution is 2.26. The highest BCUT2D eigenvalue weighted by Gasteiger charge is 2.27. The zero-order chi connectivity index (χ0) is 13.0. The maximum absolute atomic E-state index is 12.0. The molecule has 5 heteroatoms. The first-order chi connectivity index (χ1) is 8.66. The molecule has 18 heavy (non-hydrogen) atoms.